The lowest BCUT2D eigenvalue weighted by Gasteiger charge is -2.23. The smallest absolute Gasteiger partial charge is 0.254 e. The van der Waals surface area contributed by atoms with E-state index >= 15 is 0 Å². The maximum absolute atomic E-state index is 12.5. The Labute approximate surface area is 118 Å². The highest BCUT2D eigenvalue weighted by atomic mass is 16.3. The lowest BCUT2D eigenvalue weighted by Crippen LogP contribution is -2.37. The molecule has 0 unspecified atom stereocenters. The summed E-state index contributed by atoms with van der Waals surface area (Å²) in [7, 11) is 0. The molecule has 0 saturated carbocycles. The van der Waals surface area contributed by atoms with Gasteiger partial charge in [0.05, 0.1) is 18.2 Å². The molecule has 1 N–H and O–H groups in total. The first kappa shape index (κ1) is 13.1. The molecule has 1 aliphatic rings. The average molecular weight is 270 g/mol. The Balaban J connectivity index is 1.93. The Morgan fingerprint density at radius 3 is 3.05 bits per heavy atom. The van der Waals surface area contributed by atoms with Gasteiger partial charge in [0.25, 0.3) is 5.91 Å². The van der Waals surface area contributed by atoms with E-state index in [2.05, 4.69) is 4.98 Å². The van der Waals surface area contributed by atoms with Crippen LogP contribution in [0.25, 0.3) is 10.9 Å². The molecule has 1 aliphatic heterocycles. The second kappa shape index (κ2) is 5.21. The highest BCUT2D eigenvalue weighted by Crippen LogP contribution is 2.22. The maximum Gasteiger partial charge on any atom is 0.254 e. The molecule has 2 aromatic rings. The van der Waals surface area contributed by atoms with Crippen LogP contribution in [0.5, 0.6) is 0 Å². The fourth-order valence-electron chi connectivity index (χ4n) is 2.82. The van der Waals surface area contributed by atoms with E-state index in [4.69, 9.17) is 0 Å². The number of carbonyl (C=O) groups excluding carboxylic acids is 1. The second-order valence-electron chi connectivity index (χ2n) is 5.34. The molecule has 1 atom stereocenters. The van der Waals surface area contributed by atoms with Gasteiger partial charge in [0.15, 0.2) is 0 Å². The minimum atomic E-state index is -0.0330. The van der Waals surface area contributed by atoms with Crippen molar-refractivity contribution in [3.63, 3.8) is 0 Å². The fourth-order valence-corrected chi connectivity index (χ4v) is 2.82. The quantitative estimate of drug-likeness (QED) is 0.909. The van der Waals surface area contributed by atoms with Crippen molar-refractivity contribution in [1.29, 1.82) is 0 Å². The monoisotopic (exact) mass is 270 g/mol. The van der Waals surface area contributed by atoms with Crippen molar-refractivity contribution in [1.82, 2.24) is 9.88 Å². The molecular weight excluding hydrogens is 252 g/mol. The molecule has 1 fully saturated rings. The van der Waals surface area contributed by atoms with E-state index in [1.54, 1.807) is 4.90 Å². The van der Waals surface area contributed by atoms with Crippen LogP contribution in [-0.4, -0.2) is 40.1 Å². The molecule has 20 heavy (non-hydrogen) atoms. The highest BCUT2D eigenvalue weighted by molar-refractivity contribution is 5.98. The number of hydrogen-bond donors (Lipinski definition) is 1. The fraction of sp³-hybridized carbons (Fsp3) is 0.375. The van der Waals surface area contributed by atoms with Gasteiger partial charge in [-0.3, -0.25) is 9.78 Å². The van der Waals surface area contributed by atoms with Crippen LogP contribution in [0.2, 0.25) is 0 Å². The number of nitrogens with zero attached hydrogens (tertiary/aromatic N) is 2. The van der Waals surface area contributed by atoms with Gasteiger partial charge in [-0.05, 0) is 44.0 Å². The van der Waals surface area contributed by atoms with E-state index in [0.717, 1.165) is 36.0 Å². The lowest BCUT2D eigenvalue weighted by molar-refractivity contribution is 0.0678. The first-order valence-electron chi connectivity index (χ1n) is 6.98. The standard InChI is InChI=1S/C16H18N2O2/c1-11-4-5-12-9-13(6-7-15(12)17-11)16(20)18-8-2-3-14(18)10-19/h4-7,9,14,19H,2-3,8,10H2,1H3/t14-/m0/s1. The third-order valence-electron chi connectivity index (χ3n) is 3.92. The molecule has 1 aromatic carbocycles. The summed E-state index contributed by atoms with van der Waals surface area (Å²) < 4.78 is 0. The lowest BCUT2D eigenvalue weighted by atomic mass is 10.1. The van der Waals surface area contributed by atoms with E-state index in [0.29, 0.717) is 5.56 Å². The van der Waals surface area contributed by atoms with Gasteiger partial charge in [-0.25, -0.2) is 0 Å². The molecule has 4 heteroatoms. The molecule has 0 aliphatic carbocycles. The van der Waals surface area contributed by atoms with Crippen LogP contribution < -0.4 is 0 Å². The van der Waals surface area contributed by atoms with E-state index in [-0.39, 0.29) is 18.6 Å². The van der Waals surface area contributed by atoms with Gasteiger partial charge in [-0.2, -0.15) is 0 Å². The van der Waals surface area contributed by atoms with Crippen LogP contribution in [0, 0.1) is 6.92 Å². The van der Waals surface area contributed by atoms with Crippen LogP contribution in [0.3, 0.4) is 0 Å². The van der Waals surface area contributed by atoms with Gasteiger partial charge in [0.2, 0.25) is 0 Å². The molecule has 0 radical (unpaired) electrons. The predicted octanol–water partition coefficient (Wildman–Crippen LogP) is 2.14. The first-order valence-corrected chi connectivity index (χ1v) is 6.98. The van der Waals surface area contributed by atoms with Crippen molar-refractivity contribution in [3.8, 4) is 0 Å². The number of hydrogen-bond acceptors (Lipinski definition) is 3. The summed E-state index contributed by atoms with van der Waals surface area (Å²) >= 11 is 0. The molecule has 0 spiro atoms. The number of fused-ring (bicyclic) bond motifs is 1. The predicted molar refractivity (Wildman–Crippen MR) is 77.6 cm³/mol. The van der Waals surface area contributed by atoms with Crippen LogP contribution in [0.15, 0.2) is 30.3 Å². The summed E-state index contributed by atoms with van der Waals surface area (Å²) in [6, 6.07) is 9.50. The number of amides is 1. The Hall–Kier alpha value is -1.94. The summed E-state index contributed by atoms with van der Waals surface area (Å²) in [5.74, 6) is 0.00373. The average Bonchev–Trinajstić information content (AvgIpc) is 2.94. The zero-order valence-corrected chi connectivity index (χ0v) is 11.5. The first-order chi connectivity index (χ1) is 9.69. The zero-order chi connectivity index (χ0) is 14.1. The Bertz CT molecular complexity index is 654. The molecule has 2 heterocycles. The van der Waals surface area contributed by atoms with Crippen molar-refractivity contribution < 1.29 is 9.90 Å². The van der Waals surface area contributed by atoms with E-state index < -0.39 is 0 Å². The summed E-state index contributed by atoms with van der Waals surface area (Å²) in [5, 5.41) is 10.3. The molecule has 1 saturated heterocycles. The number of carbonyl (C=O) groups is 1. The number of rotatable bonds is 2. The van der Waals surface area contributed by atoms with Crippen LogP contribution >= 0.6 is 0 Å². The number of aliphatic hydroxyl groups excluding tert-OH is 1. The third-order valence-corrected chi connectivity index (χ3v) is 3.92. The number of likely N-dealkylation sites (tertiary alicyclic amines) is 1. The van der Waals surface area contributed by atoms with E-state index in [1.807, 2.05) is 37.3 Å². The van der Waals surface area contributed by atoms with Gasteiger partial charge in [0, 0.05) is 23.2 Å². The van der Waals surface area contributed by atoms with Crippen molar-refractivity contribution >= 4 is 16.8 Å². The van der Waals surface area contributed by atoms with E-state index in [1.165, 1.54) is 0 Å². The van der Waals surface area contributed by atoms with Crippen LogP contribution in [0.4, 0.5) is 0 Å². The van der Waals surface area contributed by atoms with Crippen molar-refractivity contribution in [2.75, 3.05) is 13.2 Å². The maximum atomic E-state index is 12.5. The van der Waals surface area contributed by atoms with Crippen LogP contribution in [0.1, 0.15) is 28.9 Å². The molecule has 104 valence electrons. The Morgan fingerprint density at radius 1 is 1.40 bits per heavy atom. The van der Waals surface area contributed by atoms with Gasteiger partial charge in [0.1, 0.15) is 0 Å². The largest absolute Gasteiger partial charge is 0.394 e. The number of aryl methyl sites for hydroxylation is 1. The van der Waals surface area contributed by atoms with Crippen LogP contribution in [-0.2, 0) is 0 Å². The third kappa shape index (κ3) is 2.27. The minimum Gasteiger partial charge on any atom is -0.394 e. The molecule has 1 aromatic heterocycles. The normalized spacial score (nSPS) is 18.7. The molecule has 4 nitrogen and oxygen atoms in total. The number of aromatic nitrogens is 1. The molecular formula is C16H18N2O2. The Kier molecular flexibility index (Phi) is 3.40. The number of benzene rings is 1. The topological polar surface area (TPSA) is 53.4 Å². The summed E-state index contributed by atoms with van der Waals surface area (Å²) in [6.07, 6.45) is 1.85. The van der Waals surface area contributed by atoms with Gasteiger partial charge >= 0.3 is 0 Å². The molecule has 1 amide bonds. The highest BCUT2D eigenvalue weighted by Gasteiger charge is 2.28. The molecule has 3 rings (SSSR count). The number of aliphatic hydroxyl groups is 1. The SMILES string of the molecule is Cc1ccc2cc(C(=O)N3CCC[C@H]3CO)ccc2n1. The summed E-state index contributed by atoms with van der Waals surface area (Å²) in [6.45, 7) is 2.73. The number of pyridine rings is 1. The molecule has 0 bridgehead atoms. The van der Waals surface area contributed by atoms with E-state index in [9.17, 15) is 9.90 Å². The van der Waals surface area contributed by atoms with Crippen molar-refractivity contribution in [3.05, 3.63) is 41.6 Å². The zero-order valence-electron chi connectivity index (χ0n) is 11.5. The second-order valence-corrected chi connectivity index (χ2v) is 5.34. The summed E-state index contributed by atoms with van der Waals surface area (Å²) in [5.41, 5.74) is 2.54. The van der Waals surface area contributed by atoms with Crippen molar-refractivity contribution in [2.45, 2.75) is 25.8 Å². The Morgan fingerprint density at radius 2 is 2.25 bits per heavy atom. The van der Waals surface area contributed by atoms with Gasteiger partial charge in [-0.1, -0.05) is 6.07 Å². The van der Waals surface area contributed by atoms with Crippen molar-refractivity contribution in [2.24, 2.45) is 0 Å². The van der Waals surface area contributed by atoms with Gasteiger partial charge in [-0.15, -0.1) is 0 Å². The van der Waals surface area contributed by atoms with Gasteiger partial charge < -0.3 is 10.0 Å². The summed E-state index contributed by atoms with van der Waals surface area (Å²) in [4.78, 5) is 18.7. The minimum absolute atomic E-state index is 0.00373.